The van der Waals surface area contributed by atoms with Gasteiger partial charge in [-0.05, 0) is 55.7 Å². The molecule has 0 spiro atoms. The van der Waals surface area contributed by atoms with E-state index >= 15 is 0 Å². The van der Waals surface area contributed by atoms with E-state index in [9.17, 15) is 9.59 Å². The quantitative estimate of drug-likeness (QED) is 0.656. The van der Waals surface area contributed by atoms with Crippen LogP contribution in [0, 0.1) is 0 Å². The Balaban J connectivity index is 1.83. The molecule has 0 radical (unpaired) electrons. The topological polar surface area (TPSA) is 73.9 Å². The van der Waals surface area contributed by atoms with Crippen LogP contribution in [0.3, 0.4) is 0 Å². The maximum atomic E-state index is 12.4. The fourth-order valence-electron chi connectivity index (χ4n) is 2.57. The second-order valence-corrected chi connectivity index (χ2v) is 6.56. The first-order valence-electron chi connectivity index (χ1n) is 9.35. The van der Waals surface area contributed by atoms with Crippen LogP contribution in [0.4, 0.5) is 5.69 Å². The summed E-state index contributed by atoms with van der Waals surface area (Å²) in [6, 6.07) is 14.5. The Morgan fingerprint density at radius 2 is 1.54 bits per heavy atom. The molecular weight excluding hydrogens is 358 g/mol. The minimum atomic E-state index is -0.934. The van der Waals surface area contributed by atoms with Gasteiger partial charge in [0.25, 0.3) is 5.91 Å². The molecule has 6 heteroatoms. The number of carbonyl (C=O) groups excluding carboxylic acids is 2. The van der Waals surface area contributed by atoms with Gasteiger partial charge in [-0.1, -0.05) is 32.0 Å². The van der Waals surface area contributed by atoms with Crippen molar-refractivity contribution in [3.05, 3.63) is 54.1 Å². The maximum absolute atomic E-state index is 12.4. The van der Waals surface area contributed by atoms with Crippen molar-refractivity contribution in [2.24, 2.45) is 0 Å². The van der Waals surface area contributed by atoms with Crippen molar-refractivity contribution in [2.45, 2.75) is 39.7 Å². The molecule has 0 heterocycles. The second-order valence-electron chi connectivity index (χ2n) is 6.56. The zero-order chi connectivity index (χ0) is 20.5. The Bertz CT molecular complexity index is 786. The van der Waals surface area contributed by atoms with Gasteiger partial charge in [-0.2, -0.15) is 0 Å². The van der Waals surface area contributed by atoms with Gasteiger partial charge < -0.3 is 19.5 Å². The van der Waals surface area contributed by atoms with E-state index in [0.29, 0.717) is 12.4 Å². The number of hydrogen-bond acceptors (Lipinski definition) is 5. The Morgan fingerprint density at radius 3 is 2.14 bits per heavy atom. The highest BCUT2D eigenvalue weighted by Crippen LogP contribution is 2.24. The third kappa shape index (κ3) is 6.30. The van der Waals surface area contributed by atoms with Crippen molar-refractivity contribution in [3.8, 4) is 11.5 Å². The van der Waals surface area contributed by atoms with Crippen LogP contribution in [0.25, 0.3) is 0 Å². The predicted octanol–water partition coefficient (Wildman–Crippen LogP) is 4.16. The minimum absolute atomic E-state index is 0.261. The maximum Gasteiger partial charge on any atom is 0.344 e. The van der Waals surface area contributed by atoms with E-state index in [4.69, 9.17) is 14.2 Å². The molecule has 2 aromatic carbocycles. The monoisotopic (exact) mass is 385 g/mol. The SMILES string of the molecule is CCOc1ccc(OCC(=O)O[C@@H](C)C(=O)Nc2ccccc2C(C)C)cc1. The number of benzene rings is 2. The number of nitrogens with one attached hydrogen (secondary N) is 1. The first-order chi connectivity index (χ1) is 13.4. The van der Waals surface area contributed by atoms with Gasteiger partial charge in [0.2, 0.25) is 0 Å². The Hall–Kier alpha value is -3.02. The lowest BCUT2D eigenvalue weighted by Crippen LogP contribution is -2.32. The zero-order valence-corrected chi connectivity index (χ0v) is 16.7. The average Bonchev–Trinajstić information content (AvgIpc) is 2.68. The van der Waals surface area contributed by atoms with Gasteiger partial charge in [0.05, 0.1) is 6.61 Å². The van der Waals surface area contributed by atoms with Crippen LogP contribution in [0.15, 0.2) is 48.5 Å². The van der Waals surface area contributed by atoms with Gasteiger partial charge in [0, 0.05) is 5.69 Å². The lowest BCUT2D eigenvalue weighted by molar-refractivity contribution is -0.155. The van der Waals surface area contributed by atoms with Crippen molar-refractivity contribution in [3.63, 3.8) is 0 Å². The minimum Gasteiger partial charge on any atom is -0.494 e. The highest BCUT2D eigenvalue weighted by Gasteiger charge is 2.19. The predicted molar refractivity (Wildman–Crippen MR) is 108 cm³/mol. The molecule has 28 heavy (non-hydrogen) atoms. The third-order valence-electron chi connectivity index (χ3n) is 4.01. The zero-order valence-electron chi connectivity index (χ0n) is 16.7. The molecule has 0 unspecified atom stereocenters. The van der Waals surface area contributed by atoms with E-state index < -0.39 is 12.1 Å². The molecule has 0 bridgehead atoms. The summed E-state index contributed by atoms with van der Waals surface area (Å²) in [5.74, 6) is 0.501. The molecule has 0 fully saturated rings. The van der Waals surface area contributed by atoms with Crippen molar-refractivity contribution < 1.29 is 23.8 Å². The number of rotatable bonds is 9. The molecule has 0 saturated heterocycles. The summed E-state index contributed by atoms with van der Waals surface area (Å²) >= 11 is 0. The molecule has 0 aromatic heterocycles. The molecule has 0 aliphatic heterocycles. The molecule has 1 amide bonds. The summed E-state index contributed by atoms with van der Waals surface area (Å²) in [7, 11) is 0. The number of para-hydroxylation sites is 1. The molecule has 6 nitrogen and oxygen atoms in total. The molecule has 0 aliphatic rings. The Morgan fingerprint density at radius 1 is 0.929 bits per heavy atom. The molecule has 150 valence electrons. The second kappa shape index (κ2) is 10.3. The molecule has 1 atom stereocenters. The Labute approximate surface area is 165 Å². The van der Waals surface area contributed by atoms with Crippen LogP contribution in [0.5, 0.6) is 11.5 Å². The van der Waals surface area contributed by atoms with Gasteiger partial charge in [0.15, 0.2) is 12.7 Å². The lowest BCUT2D eigenvalue weighted by Gasteiger charge is -2.17. The smallest absolute Gasteiger partial charge is 0.344 e. The standard InChI is InChI=1S/C22H27NO5/c1-5-26-17-10-12-18(13-11-17)27-14-21(24)28-16(4)22(25)23-20-9-7-6-8-19(20)15(2)3/h6-13,15-16H,5,14H2,1-4H3,(H,23,25)/t16-/m0/s1. The number of esters is 1. The van der Waals surface area contributed by atoms with Crippen LogP contribution >= 0.6 is 0 Å². The summed E-state index contributed by atoms with van der Waals surface area (Å²) in [6.07, 6.45) is -0.934. The highest BCUT2D eigenvalue weighted by atomic mass is 16.6. The van der Waals surface area contributed by atoms with Crippen LogP contribution in [-0.4, -0.2) is 31.2 Å². The summed E-state index contributed by atoms with van der Waals surface area (Å²) < 4.78 is 15.9. The molecule has 0 saturated carbocycles. The van der Waals surface area contributed by atoms with Crippen LogP contribution in [0.2, 0.25) is 0 Å². The number of hydrogen-bond donors (Lipinski definition) is 1. The van der Waals surface area contributed by atoms with Crippen molar-refractivity contribution >= 4 is 17.6 Å². The fourth-order valence-corrected chi connectivity index (χ4v) is 2.57. The Kier molecular flexibility index (Phi) is 7.87. The number of ether oxygens (including phenoxy) is 3. The van der Waals surface area contributed by atoms with Gasteiger partial charge in [-0.3, -0.25) is 4.79 Å². The van der Waals surface area contributed by atoms with Crippen molar-refractivity contribution in [1.82, 2.24) is 0 Å². The van der Waals surface area contributed by atoms with E-state index in [2.05, 4.69) is 5.32 Å². The van der Waals surface area contributed by atoms with Crippen LogP contribution in [0.1, 0.15) is 39.2 Å². The normalized spacial score (nSPS) is 11.6. The lowest BCUT2D eigenvalue weighted by atomic mass is 10.0. The van der Waals surface area contributed by atoms with E-state index in [1.54, 1.807) is 24.3 Å². The van der Waals surface area contributed by atoms with Crippen LogP contribution < -0.4 is 14.8 Å². The summed E-state index contributed by atoms with van der Waals surface area (Å²) in [5, 5.41) is 2.82. The van der Waals surface area contributed by atoms with Crippen molar-refractivity contribution in [1.29, 1.82) is 0 Å². The molecule has 2 aromatic rings. The average molecular weight is 385 g/mol. The number of anilines is 1. The first-order valence-corrected chi connectivity index (χ1v) is 9.35. The van der Waals surface area contributed by atoms with Gasteiger partial charge in [0.1, 0.15) is 11.5 Å². The molecule has 1 N–H and O–H groups in total. The fraction of sp³-hybridized carbons (Fsp3) is 0.364. The van der Waals surface area contributed by atoms with Crippen molar-refractivity contribution in [2.75, 3.05) is 18.5 Å². The number of carbonyl (C=O) groups is 2. The largest absolute Gasteiger partial charge is 0.494 e. The van der Waals surface area contributed by atoms with Crippen LogP contribution in [-0.2, 0) is 14.3 Å². The molecule has 0 aliphatic carbocycles. The molecular formula is C22H27NO5. The van der Waals surface area contributed by atoms with E-state index in [1.807, 2.05) is 45.0 Å². The number of amides is 1. The van der Waals surface area contributed by atoms with Gasteiger partial charge in [-0.25, -0.2) is 4.79 Å². The summed E-state index contributed by atoms with van der Waals surface area (Å²) in [4.78, 5) is 24.3. The first kappa shape index (κ1) is 21.3. The van der Waals surface area contributed by atoms with E-state index in [0.717, 1.165) is 17.0 Å². The summed E-state index contributed by atoms with van der Waals surface area (Å²) in [5.41, 5.74) is 1.74. The van der Waals surface area contributed by atoms with E-state index in [-0.39, 0.29) is 18.4 Å². The van der Waals surface area contributed by atoms with Gasteiger partial charge >= 0.3 is 5.97 Å². The van der Waals surface area contributed by atoms with Gasteiger partial charge in [-0.15, -0.1) is 0 Å². The highest BCUT2D eigenvalue weighted by molar-refractivity contribution is 5.95. The third-order valence-corrected chi connectivity index (χ3v) is 4.01. The summed E-state index contributed by atoms with van der Waals surface area (Å²) in [6.45, 7) is 7.82. The van der Waals surface area contributed by atoms with E-state index in [1.165, 1.54) is 6.92 Å². The molecule has 2 rings (SSSR count).